The van der Waals surface area contributed by atoms with Gasteiger partial charge in [0.1, 0.15) is 5.25 Å². The molecule has 6 nitrogen and oxygen atoms in total. The summed E-state index contributed by atoms with van der Waals surface area (Å²) < 4.78 is 0. The van der Waals surface area contributed by atoms with E-state index in [2.05, 4.69) is 19.2 Å². The van der Waals surface area contributed by atoms with Crippen molar-refractivity contribution in [3.63, 3.8) is 0 Å². The van der Waals surface area contributed by atoms with Crippen LogP contribution in [0.4, 0.5) is 5.69 Å². The molecule has 2 atom stereocenters. The van der Waals surface area contributed by atoms with Crippen LogP contribution in [-0.4, -0.2) is 21.2 Å². The number of nitro groups is 1. The van der Waals surface area contributed by atoms with E-state index in [0.29, 0.717) is 5.56 Å². The molecule has 0 aliphatic heterocycles. The van der Waals surface area contributed by atoms with Crippen LogP contribution in [0.25, 0.3) is 0 Å². The minimum Gasteiger partial charge on any atom is -0.480 e. The summed E-state index contributed by atoms with van der Waals surface area (Å²) in [5, 5.41) is 27.2. The molecule has 0 amide bonds. The smallest absolute Gasteiger partial charge is 0.317 e. The van der Waals surface area contributed by atoms with Crippen molar-refractivity contribution in [1.29, 1.82) is 5.26 Å². The first kappa shape index (κ1) is 14.7. The number of carboxylic acid groups (broad SMARTS) is 1. The molecule has 0 aliphatic rings. The van der Waals surface area contributed by atoms with E-state index >= 15 is 0 Å². The van der Waals surface area contributed by atoms with E-state index in [1.165, 1.54) is 24.3 Å². The lowest BCUT2D eigenvalue weighted by molar-refractivity contribution is -0.384. The minimum atomic E-state index is -1.19. The summed E-state index contributed by atoms with van der Waals surface area (Å²) in [5.74, 6) is -2.02. The molecular weight excluding hydrogens is 268 g/mol. The number of carboxylic acids is 1. The number of benzene rings is 1. The van der Waals surface area contributed by atoms with Crippen molar-refractivity contribution in [3.05, 3.63) is 52.1 Å². The maximum absolute atomic E-state index is 11.0. The Bertz CT molecular complexity index is 562. The monoisotopic (exact) mass is 278 g/mol. The number of nitriles is 1. The number of carbonyl (C=O) groups is 1. The van der Waals surface area contributed by atoms with Gasteiger partial charge in [-0.05, 0) is 5.56 Å². The summed E-state index contributed by atoms with van der Waals surface area (Å²) >= 11 is 3.95. The van der Waals surface area contributed by atoms with Gasteiger partial charge in [-0.1, -0.05) is 18.7 Å². The molecule has 0 saturated carbocycles. The van der Waals surface area contributed by atoms with E-state index in [4.69, 9.17) is 10.4 Å². The Hall–Kier alpha value is -2.33. The molecule has 0 bridgehead atoms. The molecule has 1 aromatic carbocycles. The van der Waals surface area contributed by atoms with Crippen molar-refractivity contribution in [3.8, 4) is 6.07 Å². The van der Waals surface area contributed by atoms with Crippen LogP contribution in [0.2, 0.25) is 0 Å². The predicted molar refractivity (Wildman–Crippen MR) is 71.0 cm³/mol. The molecule has 1 rings (SSSR count). The summed E-state index contributed by atoms with van der Waals surface area (Å²) in [5.41, 5.74) is 0.368. The van der Waals surface area contributed by atoms with Crippen molar-refractivity contribution in [2.24, 2.45) is 0 Å². The third-order valence-corrected chi connectivity index (χ3v) is 3.07. The van der Waals surface area contributed by atoms with Crippen LogP contribution in [0.5, 0.6) is 0 Å². The zero-order chi connectivity index (χ0) is 14.6. The molecule has 1 N–H and O–H groups in total. The molecule has 1 aromatic rings. The molecule has 7 heteroatoms. The van der Waals surface area contributed by atoms with E-state index < -0.39 is 22.1 Å². The van der Waals surface area contributed by atoms with Crippen molar-refractivity contribution in [2.45, 2.75) is 11.2 Å². The number of thiol groups is 1. The Morgan fingerprint density at radius 1 is 1.47 bits per heavy atom. The lowest BCUT2D eigenvalue weighted by Gasteiger charge is -2.19. The fourth-order valence-corrected chi connectivity index (χ4v) is 1.94. The molecule has 19 heavy (non-hydrogen) atoms. The minimum absolute atomic E-state index is 0.0382. The Labute approximate surface area is 114 Å². The van der Waals surface area contributed by atoms with Crippen LogP contribution in [-0.2, 0) is 4.79 Å². The second kappa shape index (κ2) is 6.02. The summed E-state index contributed by atoms with van der Waals surface area (Å²) in [6.45, 7) is 3.50. The first-order chi connectivity index (χ1) is 8.88. The normalized spacial score (nSPS) is 13.1. The highest BCUT2D eigenvalue weighted by Gasteiger charge is 2.29. The van der Waals surface area contributed by atoms with Gasteiger partial charge in [-0.2, -0.15) is 17.9 Å². The van der Waals surface area contributed by atoms with Gasteiger partial charge in [0.15, 0.2) is 0 Å². The molecule has 98 valence electrons. The number of hydrogen-bond acceptors (Lipinski definition) is 5. The number of rotatable bonds is 5. The predicted octanol–water partition coefficient (Wildman–Crippen LogP) is 2.14. The molecule has 0 heterocycles. The third-order valence-electron chi connectivity index (χ3n) is 2.55. The van der Waals surface area contributed by atoms with Gasteiger partial charge in [0, 0.05) is 23.6 Å². The van der Waals surface area contributed by atoms with E-state index in [0.717, 1.165) is 0 Å². The van der Waals surface area contributed by atoms with E-state index in [1.807, 2.05) is 0 Å². The van der Waals surface area contributed by atoms with E-state index in [-0.39, 0.29) is 11.3 Å². The van der Waals surface area contributed by atoms with Gasteiger partial charge in [0.2, 0.25) is 0 Å². The van der Waals surface area contributed by atoms with Crippen molar-refractivity contribution in [1.82, 2.24) is 0 Å². The first-order valence-electron chi connectivity index (χ1n) is 5.12. The molecule has 0 aliphatic carbocycles. The third kappa shape index (κ3) is 3.33. The zero-order valence-corrected chi connectivity index (χ0v) is 10.6. The lowest BCUT2D eigenvalue weighted by Crippen LogP contribution is -2.23. The van der Waals surface area contributed by atoms with Crippen LogP contribution in [0.3, 0.4) is 0 Å². The maximum Gasteiger partial charge on any atom is 0.317 e. The lowest BCUT2D eigenvalue weighted by atomic mass is 9.89. The van der Waals surface area contributed by atoms with E-state index in [9.17, 15) is 14.9 Å². The number of aliphatic carboxylic acids is 1. The van der Waals surface area contributed by atoms with E-state index in [1.54, 1.807) is 6.07 Å². The zero-order valence-electron chi connectivity index (χ0n) is 9.68. The quantitative estimate of drug-likeness (QED) is 0.371. The number of hydrogen-bond donors (Lipinski definition) is 2. The molecule has 0 radical (unpaired) electrons. The summed E-state index contributed by atoms with van der Waals surface area (Å²) in [6, 6.07) is 7.09. The molecule has 0 saturated heterocycles. The molecule has 0 spiro atoms. The van der Waals surface area contributed by atoms with Gasteiger partial charge in [-0.3, -0.25) is 14.9 Å². The highest BCUT2D eigenvalue weighted by atomic mass is 32.1. The largest absolute Gasteiger partial charge is 0.480 e. The standard InChI is InChI=1S/C12H10N2O4S/c1-7(6-13)10(11(19)12(15)16)8-2-4-9(5-3-8)14(17)18/h2-5,10-11,19H,1H2,(H,15,16)/t10-,11-/m1/s1. The van der Waals surface area contributed by atoms with Crippen LogP contribution >= 0.6 is 12.6 Å². The average Bonchev–Trinajstić information content (AvgIpc) is 2.39. The fraction of sp³-hybridized carbons (Fsp3) is 0.167. The highest BCUT2D eigenvalue weighted by molar-refractivity contribution is 7.81. The van der Waals surface area contributed by atoms with Crippen LogP contribution in [0, 0.1) is 21.4 Å². The van der Waals surface area contributed by atoms with Gasteiger partial charge in [-0.15, -0.1) is 0 Å². The second-order valence-corrected chi connectivity index (χ2v) is 4.30. The Morgan fingerprint density at radius 2 is 2.00 bits per heavy atom. The van der Waals surface area contributed by atoms with Gasteiger partial charge in [-0.25, -0.2) is 0 Å². The molecular formula is C12H10N2O4S. The first-order valence-corrected chi connectivity index (χ1v) is 5.64. The summed E-state index contributed by atoms with van der Waals surface area (Å²) in [7, 11) is 0. The number of nitro benzene ring substituents is 1. The van der Waals surface area contributed by atoms with Gasteiger partial charge in [0.05, 0.1) is 11.0 Å². The van der Waals surface area contributed by atoms with Gasteiger partial charge >= 0.3 is 5.97 Å². The van der Waals surface area contributed by atoms with Crippen molar-refractivity contribution >= 4 is 24.3 Å². The summed E-state index contributed by atoms with van der Waals surface area (Å²) in [6.07, 6.45) is 0. The van der Waals surface area contributed by atoms with Crippen molar-refractivity contribution < 1.29 is 14.8 Å². The Kier molecular flexibility index (Phi) is 4.67. The molecule has 0 aromatic heterocycles. The number of allylic oxidation sites excluding steroid dienone is 1. The second-order valence-electron chi connectivity index (χ2n) is 3.75. The SMILES string of the molecule is C=C(C#N)[C@H](c1ccc([N+](=O)[O-])cc1)[C@@H](S)C(=O)O. The van der Waals surface area contributed by atoms with Gasteiger partial charge < -0.3 is 5.11 Å². The van der Waals surface area contributed by atoms with Crippen molar-refractivity contribution in [2.75, 3.05) is 0 Å². The fourth-order valence-electron chi connectivity index (χ4n) is 1.59. The van der Waals surface area contributed by atoms with Gasteiger partial charge in [0.25, 0.3) is 5.69 Å². The Balaban J connectivity index is 3.19. The Morgan fingerprint density at radius 3 is 2.37 bits per heavy atom. The number of nitrogens with zero attached hydrogens (tertiary/aromatic N) is 2. The van der Waals surface area contributed by atoms with Crippen LogP contribution in [0.1, 0.15) is 11.5 Å². The summed E-state index contributed by atoms with van der Waals surface area (Å²) in [4.78, 5) is 21.0. The topological polar surface area (TPSA) is 104 Å². The highest BCUT2D eigenvalue weighted by Crippen LogP contribution is 2.31. The van der Waals surface area contributed by atoms with Crippen LogP contribution < -0.4 is 0 Å². The van der Waals surface area contributed by atoms with Crippen LogP contribution in [0.15, 0.2) is 36.4 Å². The molecule has 0 unspecified atom stereocenters. The average molecular weight is 278 g/mol. The molecule has 0 fully saturated rings. The number of non-ortho nitro benzene ring substituents is 1. The maximum atomic E-state index is 11.0.